The molecule has 0 spiro atoms. The van der Waals surface area contributed by atoms with Crippen molar-refractivity contribution in [1.82, 2.24) is 0 Å². The van der Waals surface area contributed by atoms with E-state index < -0.39 is 5.38 Å². The maximum absolute atomic E-state index is 13.7. The van der Waals surface area contributed by atoms with E-state index in [1.54, 1.807) is 13.0 Å². The number of hydrogen-bond donors (Lipinski definition) is 1. The first-order valence-electron chi connectivity index (χ1n) is 6.87. The maximum atomic E-state index is 13.7. The molecule has 1 heterocycles. The lowest BCUT2D eigenvalue weighted by molar-refractivity contribution is -0.116. The highest BCUT2D eigenvalue weighted by Gasteiger charge is 2.18. The molecule has 2 aromatic rings. The fourth-order valence-corrected chi connectivity index (χ4v) is 2.79. The maximum Gasteiger partial charge on any atom is 0.224 e. The number of nitrogens with one attached hydrogen (secondary N) is 1. The Morgan fingerprint density at radius 2 is 1.86 bits per heavy atom. The Labute approximate surface area is 127 Å². The summed E-state index contributed by atoms with van der Waals surface area (Å²) in [6.45, 7) is 1.73. The molecule has 108 valence electrons. The molecule has 1 unspecified atom stereocenters. The van der Waals surface area contributed by atoms with Crippen LogP contribution >= 0.6 is 11.6 Å². The highest BCUT2D eigenvalue weighted by Crippen LogP contribution is 2.33. The largest absolute Gasteiger partial charge is 0.326 e. The Balaban J connectivity index is 1.93. The standard InChI is InChI=1S/C17H15ClFNO/c1-10-2-3-13(9-14(10)19)17(18)12-4-6-15-11(8-12)5-7-16(21)20-15/h2-4,6,8-9,17H,5,7H2,1H3,(H,20,21). The molecular formula is C17H15ClFNO. The zero-order valence-corrected chi connectivity index (χ0v) is 12.4. The van der Waals surface area contributed by atoms with Gasteiger partial charge in [-0.25, -0.2) is 4.39 Å². The first-order valence-corrected chi connectivity index (χ1v) is 7.31. The minimum Gasteiger partial charge on any atom is -0.326 e. The number of hydrogen-bond acceptors (Lipinski definition) is 1. The van der Waals surface area contributed by atoms with Crippen LogP contribution in [0.25, 0.3) is 0 Å². The number of rotatable bonds is 2. The molecule has 4 heteroatoms. The molecule has 0 fully saturated rings. The number of amides is 1. The van der Waals surface area contributed by atoms with Crippen molar-refractivity contribution in [3.63, 3.8) is 0 Å². The van der Waals surface area contributed by atoms with Crippen molar-refractivity contribution in [3.05, 3.63) is 64.5 Å². The summed E-state index contributed by atoms with van der Waals surface area (Å²) in [6, 6.07) is 10.8. The number of anilines is 1. The van der Waals surface area contributed by atoms with Crippen molar-refractivity contribution in [2.24, 2.45) is 0 Å². The van der Waals surface area contributed by atoms with Gasteiger partial charge in [0.15, 0.2) is 0 Å². The Bertz CT molecular complexity index is 714. The van der Waals surface area contributed by atoms with Gasteiger partial charge in [0, 0.05) is 12.1 Å². The van der Waals surface area contributed by atoms with Crippen LogP contribution in [0.1, 0.15) is 34.1 Å². The molecule has 0 aliphatic carbocycles. The molecule has 0 saturated heterocycles. The number of aryl methyl sites for hydroxylation is 2. The second-order valence-electron chi connectivity index (χ2n) is 5.34. The Morgan fingerprint density at radius 3 is 2.62 bits per heavy atom. The summed E-state index contributed by atoms with van der Waals surface area (Å²) in [5, 5.41) is 2.44. The molecule has 1 N–H and O–H groups in total. The van der Waals surface area contributed by atoms with Gasteiger partial charge in [-0.2, -0.15) is 0 Å². The summed E-state index contributed by atoms with van der Waals surface area (Å²) in [6.07, 6.45) is 1.20. The van der Waals surface area contributed by atoms with Gasteiger partial charge in [0.05, 0.1) is 5.38 Å². The molecule has 0 aromatic heterocycles. The summed E-state index contributed by atoms with van der Waals surface area (Å²) in [4.78, 5) is 11.4. The van der Waals surface area contributed by atoms with Gasteiger partial charge in [0.25, 0.3) is 0 Å². The molecule has 1 aliphatic heterocycles. The fourth-order valence-electron chi connectivity index (χ4n) is 2.52. The zero-order chi connectivity index (χ0) is 15.0. The molecule has 21 heavy (non-hydrogen) atoms. The van der Waals surface area contributed by atoms with Crippen molar-refractivity contribution in [2.45, 2.75) is 25.1 Å². The van der Waals surface area contributed by atoms with Crippen molar-refractivity contribution in [1.29, 1.82) is 0 Å². The molecule has 1 aliphatic rings. The van der Waals surface area contributed by atoms with E-state index in [0.29, 0.717) is 18.4 Å². The van der Waals surface area contributed by atoms with E-state index in [0.717, 1.165) is 22.4 Å². The minimum absolute atomic E-state index is 0.0401. The smallest absolute Gasteiger partial charge is 0.224 e. The van der Waals surface area contributed by atoms with Gasteiger partial charge in [-0.3, -0.25) is 4.79 Å². The predicted molar refractivity (Wildman–Crippen MR) is 82.2 cm³/mol. The molecule has 1 amide bonds. The van der Waals surface area contributed by atoms with Gasteiger partial charge in [-0.05, 0) is 47.7 Å². The summed E-state index contributed by atoms with van der Waals surface area (Å²) >= 11 is 6.47. The molecule has 1 atom stereocenters. The Kier molecular flexibility index (Phi) is 3.68. The van der Waals surface area contributed by atoms with Gasteiger partial charge in [-0.1, -0.05) is 24.3 Å². The van der Waals surface area contributed by atoms with E-state index in [9.17, 15) is 9.18 Å². The molecule has 0 bridgehead atoms. The van der Waals surface area contributed by atoms with Gasteiger partial charge in [0.1, 0.15) is 5.82 Å². The van der Waals surface area contributed by atoms with Crippen molar-refractivity contribution in [2.75, 3.05) is 5.32 Å². The zero-order valence-electron chi connectivity index (χ0n) is 11.6. The van der Waals surface area contributed by atoms with Gasteiger partial charge in [0.2, 0.25) is 5.91 Å². The number of carbonyl (C=O) groups excluding carboxylic acids is 1. The van der Waals surface area contributed by atoms with E-state index in [4.69, 9.17) is 11.6 Å². The first kappa shape index (κ1) is 14.1. The van der Waals surface area contributed by atoms with Crippen molar-refractivity contribution >= 4 is 23.2 Å². The van der Waals surface area contributed by atoms with Crippen LogP contribution in [0, 0.1) is 12.7 Å². The molecule has 2 nitrogen and oxygen atoms in total. The third-order valence-electron chi connectivity index (χ3n) is 3.81. The SMILES string of the molecule is Cc1ccc(C(Cl)c2ccc3c(c2)CCC(=O)N3)cc1F. The first-order chi connectivity index (χ1) is 10.0. The van der Waals surface area contributed by atoms with E-state index in [1.165, 1.54) is 6.07 Å². The van der Waals surface area contributed by atoms with Crippen LogP contribution in [0.3, 0.4) is 0 Å². The average molecular weight is 304 g/mol. The number of carbonyl (C=O) groups is 1. The minimum atomic E-state index is -0.400. The number of fused-ring (bicyclic) bond motifs is 1. The quantitative estimate of drug-likeness (QED) is 0.821. The monoisotopic (exact) mass is 303 g/mol. The summed E-state index contributed by atoms with van der Waals surface area (Å²) in [7, 11) is 0. The van der Waals surface area contributed by atoms with Crippen molar-refractivity contribution in [3.8, 4) is 0 Å². The normalized spacial score (nSPS) is 15.3. The Hall–Kier alpha value is -1.87. The van der Waals surface area contributed by atoms with Crippen LogP contribution in [0.2, 0.25) is 0 Å². The molecule has 3 rings (SSSR count). The van der Waals surface area contributed by atoms with Crippen LogP contribution in [-0.4, -0.2) is 5.91 Å². The number of halogens is 2. The molecular weight excluding hydrogens is 289 g/mol. The second-order valence-corrected chi connectivity index (χ2v) is 5.77. The van der Waals surface area contributed by atoms with Gasteiger partial charge < -0.3 is 5.32 Å². The number of alkyl halides is 1. The van der Waals surface area contributed by atoms with Crippen LogP contribution in [0.5, 0.6) is 0 Å². The van der Waals surface area contributed by atoms with Crippen molar-refractivity contribution < 1.29 is 9.18 Å². The predicted octanol–water partition coefficient (Wildman–Crippen LogP) is 4.35. The van der Waals surface area contributed by atoms with Crippen LogP contribution < -0.4 is 5.32 Å². The fraction of sp³-hybridized carbons (Fsp3) is 0.235. The lowest BCUT2D eigenvalue weighted by Crippen LogP contribution is -2.19. The van der Waals surface area contributed by atoms with Crippen LogP contribution in [-0.2, 0) is 11.2 Å². The average Bonchev–Trinajstić information content (AvgIpc) is 2.49. The van der Waals surface area contributed by atoms with E-state index in [2.05, 4.69) is 5.32 Å². The number of benzene rings is 2. The summed E-state index contributed by atoms with van der Waals surface area (Å²) in [5.41, 5.74) is 4.17. The highest BCUT2D eigenvalue weighted by molar-refractivity contribution is 6.22. The molecule has 0 radical (unpaired) electrons. The van der Waals surface area contributed by atoms with E-state index in [-0.39, 0.29) is 11.7 Å². The topological polar surface area (TPSA) is 29.1 Å². The molecule has 2 aromatic carbocycles. The van der Waals surface area contributed by atoms with E-state index >= 15 is 0 Å². The highest BCUT2D eigenvalue weighted by atomic mass is 35.5. The summed E-state index contributed by atoms with van der Waals surface area (Å²) in [5.74, 6) is -0.207. The second kappa shape index (κ2) is 5.49. The third kappa shape index (κ3) is 2.79. The van der Waals surface area contributed by atoms with E-state index in [1.807, 2.05) is 24.3 Å². The van der Waals surface area contributed by atoms with Crippen LogP contribution in [0.15, 0.2) is 36.4 Å². The van der Waals surface area contributed by atoms with Gasteiger partial charge in [-0.15, -0.1) is 11.6 Å². The Morgan fingerprint density at radius 1 is 1.14 bits per heavy atom. The van der Waals surface area contributed by atoms with Crippen LogP contribution in [0.4, 0.5) is 10.1 Å². The third-order valence-corrected chi connectivity index (χ3v) is 4.31. The van der Waals surface area contributed by atoms with Gasteiger partial charge >= 0.3 is 0 Å². The lowest BCUT2D eigenvalue weighted by Gasteiger charge is -2.19. The lowest BCUT2D eigenvalue weighted by atomic mass is 9.96. The molecule has 0 saturated carbocycles. The summed E-state index contributed by atoms with van der Waals surface area (Å²) < 4.78 is 13.7.